The number of pyridine rings is 1. The van der Waals surface area contributed by atoms with Crippen molar-refractivity contribution in [2.45, 2.75) is 20.4 Å². The largest absolute Gasteiger partial charge is 0.380 e. The molecule has 0 saturated carbocycles. The summed E-state index contributed by atoms with van der Waals surface area (Å²) >= 11 is 5.74. The van der Waals surface area contributed by atoms with Crippen molar-refractivity contribution in [2.24, 2.45) is 4.99 Å². The Bertz CT molecular complexity index is 386. The first kappa shape index (κ1) is 19.4. The number of rotatable bonds is 7. The topological polar surface area (TPSA) is 58.5 Å². The number of hydrogen-bond donors (Lipinski definition) is 2. The highest BCUT2D eigenvalue weighted by molar-refractivity contribution is 14.0. The van der Waals surface area contributed by atoms with Crippen LogP contribution in [-0.2, 0) is 11.3 Å². The van der Waals surface area contributed by atoms with Crippen molar-refractivity contribution in [3.8, 4) is 0 Å². The molecule has 0 aliphatic rings. The Morgan fingerprint density at radius 1 is 1.35 bits per heavy atom. The summed E-state index contributed by atoms with van der Waals surface area (Å²) in [7, 11) is 0. The van der Waals surface area contributed by atoms with Crippen molar-refractivity contribution in [1.82, 2.24) is 15.6 Å². The minimum atomic E-state index is 0. The van der Waals surface area contributed by atoms with Gasteiger partial charge in [0.2, 0.25) is 0 Å². The van der Waals surface area contributed by atoms with E-state index in [9.17, 15) is 0 Å². The third kappa shape index (κ3) is 8.55. The van der Waals surface area contributed by atoms with E-state index in [2.05, 4.69) is 20.6 Å². The Balaban J connectivity index is 0.00000361. The average molecular weight is 413 g/mol. The van der Waals surface area contributed by atoms with Crippen molar-refractivity contribution in [3.63, 3.8) is 0 Å². The molecule has 114 valence electrons. The summed E-state index contributed by atoms with van der Waals surface area (Å²) in [6.07, 6.45) is 1.73. The fourth-order valence-electron chi connectivity index (χ4n) is 1.40. The number of ether oxygens (including phenoxy) is 1. The molecule has 0 radical (unpaired) electrons. The van der Waals surface area contributed by atoms with Gasteiger partial charge < -0.3 is 15.4 Å². The Morgan fingerprint density at radius 3 is 2.75 bits per heavy atom. The quantitative estimate of drug-likeness (QED) is 0.237. The molecule has 1 aromatic heterocycles. The zero-order valence-electron chi connectivity index (χ0n) is 11.9. The van der Waals surface area contributed by atoms with E-state index < -0.39 is 0 Å². The summed E-state index contributed by atoms with van der Waals surface area (Å²) in [6, 6.07) is 3.68. The zero-order chi connectivity index (χ0) is 13.9. The summed E-state index contributed by atoms with van der Waals surface area (Å²) in [5.74, 6) is 0.775. The standard InChI is InChI=1S/C13H21ClN4O.HI/c1-3-15-13(16-7-8-19-4-2)18-10-11-5-6-12(14)17-9-11;/h5-6,9H,3-4,7-8,10H2,1-2H3,(H2,15,16,18);1H. The van der Waals surface area contributed by atoms with E-state index in [1.165, 1.54) is 0 Å². The molecule has 1 rings (SSSR count). The van der Waals surface area contributed by atoms with Gasteiger partial charge in [-0.15, -0.1) is 24.0 Å². The lowest BCUT2D eigenvalue weighted by Crippen LogP contribution is -2.39. The summed E-state index contributed by atoms with van der Waals surface area (Å²) < 4.78 is 5.27. The molecule has 0 atom stereocenters. The first-order chi connectivity index (χ1) is 9.26. The SMILES string of the molecule is CCNC(=NCc1ccc(Cl)nc1)NCCOCC.I. The molecule has 5 nitrogen and oxygen atoms in total. The Kier molecular flexibility index (Phi) is 11.8. The van der Waals surface area contributed by atoms with E-state index in [4.69, 9.17) is 16.3 Å². The summed E-state index contributed by atoms with van der Waals surface area (Å²) in [4.78, 5) is 8.49. The van der Waals surface area contributed by atoms with Gasteiger partial charge in [-0.25, -0.2) is 9.98 Å². The predicted octanol–water partition coefficient (Wildman–Crippen LogP) is 2.44. The van der Waals surface area contributed by atoms with E-state index in [1.54, 1.807) is 12.3 Å². The van der Waals surface area contributed by atoms with Crippen LogP contribution in [0.5, 0.6) is 0 Å². The maximum atomic E-state index is 5.74. The molecule has 0 aromatic carbocycles. The van der Waals surface area contributed by atoms with Crippen LogP contribution >= 0.6 is 35.6 Å². The fraction of sp³-hybridized carbons (Fsp3) is 0.538. The van der Waals surface area contributed by atoms with Crippen molar-refractivity contribution in [2.75, 3.05) is 26.3 Å². The molecule has 7 heteroatoms. The van der Waals surface area contributed by atoms with Crippen molar-refractivity contribution < 1.29 is 4.74 Å². The predicted molar refractivity (Wildman–Crippen MR) is 94.0 cm³/mol. The molecule has 20 heavy (non-hydrogen) atoms. The maximum absolute atomic E-state index is 5.74. The van der Waals surface area contributed by atoms with Gasteiger partial charge in [-0.3, -0.25) is 0 Å². The third-order valence-electron chi connectivity index (χ3n) is 2.30. The van der Waals surface area contributed by atoms with Crippen LogP contribution in [-0.4, -0.2) is 37.2 Å². The Hall–Kier alpha value is -0.600. The average Bonchev–Trinajstić information content (AvgIpc) is 2.42. The van der Waals surface area contributed by atoms with Crippen LogP contribution in [0.4, 0.5) is 0 Å². The number of aliphatic imine (C=N–C) groups is 1. The van der Waals surface area contributed by atoms with Crippen LogP contribution in [0.15, 0.2) is 23.3 Å². The summed E-state index contributed by atoms with van der Waals surface area (Å²) in [5.41, 5.74) is 1.02. The Labute approximate surface area is 142 Å². The van der Waals surface area contributed by atoms with E-state index in [0.717, 1.165) is 31.2 Å². The second kappa shape index (κ2) is 12.2. The maximum Gasteiger partial charge on any atom is 0.191 e. The molecule has 0 aliphatic heterocycles. The number of hydrogen-bond acceptors (Lipinski definition) is 3. The normalized spacial score (nSPS) is 10.8. The fourth-order valence-corrected chi connectivity index (χ4v) is 1.51. The highest BCUT2D eigenvalue weighted by Gasteiger charge is 1.97. The van der Waals surface area contributed by atoms with Gasteiger partial charge in [0.05, 0.1) is 13.2 Å². The van der Waals surface area contributed by atoms with Gasteiger partial charge in [-0.1, -0.05) is 17.7 Å². The monoisotopic (exact) mass is 412 g/mol. The molecule has 2 N–H and O–H groups in total. The Morgan fingerprint density at radius 2 is 2.15 bits per heavy atom. The van der Waals surface area contributed by atoms with Crippen LogP contribution in [0.25, 0.3) is 0 Å². The number of aromatic nitrogens is 1. The molecule has 0 saturated heterocycles. The zero-order valence-corrected chi connectivity index (χ0v) is 14.9. The van der Waals surface area contributed by atoms with Crippen molar-refractivity contribution >= 4 is 41.5 Å². The van der Waals surface area contributed by atoms with Gasteiger partial charge in [-0.05, 0) is 25.5 Å². The van der Waals surface area contributed by atoms with Crippen LogP contribution < -0.4 is 10.6 Å². The lowest BCUT2D eigenvalue weighted by Gasteiger charge is -2.11. The number of guanidine groups is 1. The van der Waals surface area contributed by atoms with Gasteiger partial charge in [-0.2, -0.15) is 0 Å². The molecule has 1 aromatic rings. The van der Waals surface area contributed by atoms with Gasteiger partial charge in [0.25, 0.3) is 0 Å². The first-order valence-electron chi connectivity index (χ1n) is 6.46. The molecule has 0 spiro atoms. The van der Waals surface area contributed by atoms with E-state index in [1.807, 2.05) is 19.9 Å². The van der Waals surface area contributed by atoms with Crippen LogP contribution in [0.1, 0.15) is 19.4 Å². The third-order valence-corrected chi connectivity index (χ3v) is 2.52. The molecular formula is C13H22ClIN4O. The number of halogens is 2. The smallest absolute Gasteiger partial charge is 0.191 e. The molecule has 0 fully saturated rings. The highest BCUT2D eigenvalue weighted by Crippen LogP contribution is 2.05. The van der Waals surface area contributed by atoms with Crippen LogP contribution in [0, 0.1) is 0 Å². The minimum absolute atomic E-state index is 0. The van der Waals surface area contributed by atoms with E-state index >= 15 is 0 Å². The molecule has 0 aliphatic carbocycles. The lowest BCUT2D eigenvalue weighted by molar-refractivity contribution is 0.152. The molecular weight excluding hydrogens is 391 g/mol. The second-order valence-electron chi connectivity index (χ2n) is 3.81. The van der Waals surface area contributed by atoms with Crippen LogP contribution in [0.3, 0.4) is 0 Å². The van der Waals surface area contributed by atoms with E-state index in [0.29, 0.717) is 18.3 Å². The summed E-state index contributed by atoms with van der Waals surface area (Å²) in [5, 5.41) is 6.88. The van der Waals surface area contributed by atoms with Gasteiger partial charge in [0, 0.05) is 25.9 Å². The van der Waals surface area contributed by atoms with E-state index in [-0.39, 0.29) is 24.0 Å². The van der Waals surface area contributed by atoms with Gasteiger partial charge in [0.15, 0.2) is 5.96 Å². The van der Waals surface area contributed by atoms with Crippen molar-refractivity contribution in [1.29, 1.82) is 0 Å². The molecule has 0 amide bonds. The molecule has 0 bridgehead atoms. The van der Waals surface area contributed by atoms with Gasteiger partial charge >= 0.3 is 0 Å². The number of nitrogens with zero attached hydrogens (tertiary/aromatic N) is 2. The van der Waals surface area contributed by atoms with Gasteiger partial charge in [0.1, 0.15) is 5.15 Å². The minimum Gasteiger partial charge on any atom is -0.380 e. The molecule has 0 unspecified atom stereocenters. The van der Waals surface area contributed by atoms with Crippen molar-refractivity contribution in [3.05, 3.63) is 29.0 Å². The summed E-state index contributed by atoms with van der Waals surface area (Å²) in [6.45, 7) is 7.53. The highest BCUT2D eigenvalue weighted by atomic mass is 127. The molecule has 1 heterocycles. The lowest BCUT2D eigenvalue weighted by atomic mass is 10.3. The first-order valence-corrected chi connectivity index (χ1v) is 6.84. The van der Waals surface area contributed by atoms with Crippen LogP contribution in [0.2, 0.25) is 5.15 Å². The number of nitrogens with one attached hydrogen (secondary N) is 2. The second-order valence-corrected chi connectivity index (χ2v) is 4.20.